The molecule has 0 saturated carbocycles. The zero-order valence-corrected chi connectivity index (χ0v) is 5.39. The van der Waals surface area contributed by atoms with Gasteiger partial charge in [0.2, 0.25) is 0 Å². The van der Waals surface area contributed by atoms with E-state index >= 15 is 0 Å². The summed E-state index contributed by atoms with van der Waals surface area (Å²) >= 11 is 0. The van der Waals surface area contributed by atoms with Gasteiger partial charge in [0.1, 0.15) is 0 Å². The van der Waals surface area contributed by atoms with Gasteiger partial charge in [-0.05, 0) is 0 Å². The maximum absolute atomic E-state index is 4.47. The summed E-state index contributed by atoms with van der Waals surface area (Å²) in [5.41, 5.74) is 9.64. The molecule has 7 heteroatoms. The van der Waals surface area contributed by atoms with Crippen LogP contribution in [0.25, 0.3) is 0 Å². The van der Waals surface area contributed by atoms with Crippen molar-refractivity contribution >= 4 is 7.69 Å². The van der Waals surface area contributed by atoms with E-state index in [4.69, 9.17) is 0 Å². The van der Waals surface area contributed by atoms with Gasteiger partial charge in [0, 0.05) is 14.1 Å². The van der Waals surface area contributed by atoms with Crippen LogP contribution in [0.5, 0.6) is 0 Å². The van der Waals surface area contributed by atoms with E-state index in [0.717, 1.165) is 7.69 Å². The molecule has 0 aromatic heterocycles. The molecule has 0 aromatic carbocycles. The first-order valence-corrected chi connectivity index (χ1v) is 2.38. The lowest BCUT2D eigenvalue weighted by molar-refractivity contribution is 0.0753. The molecule has 4 N–H and O–H groups in total. The fraction of sp³-hybridized carbons (Fsp3) is 1.00. The first kappa shape index (κ1) is 8.82. The monoisotopic (exact) mass is 133 g/mol. The molecule has 0 bridgehead atoms. The maximum atomic E-state index is 4.47. The van der Waals surface area contributed by atoms with E-state index in [1.165, 1.54) is 0 Å². The first-order chi connectivity index (χ1) is 4.41. The predicted octanol–water partition coefficient (Wildman–Crippen LogP) is -2.17. The van der Waals surface area contributed by atoms with Crippen LogP contribution in [0, 0.1) is 0 Å². The van der Waals surface area contributed by atoms with Crippen LogP contribution >= 0.6 is 0 Å². The van der Waals surface area contributed by atoms with Crippen LogP contribution in [0.2, 0.25) is 0 Å². The van der Waals surface area contributed by atoms with E-state index in [-0.39, 0.29) is 0 Å². The van der Waals surface area contributed by atoms with Crippen molar-refractivity contribution in [3.05, 3.63) is 0 Å². The predicted molar refractivity (Wildman–Crippen MR) is 32.3 cm³/mol. The molecule has 0 atom stereocenters. The number of rotatable bonds is 6. The summed E-state index contributed by atoms with van der Waals surface area (Å²) in [7, 11) is 4.41. The lowest BCUT2D eigenvalue weighted by atomic mass is 10.4. The Balaban J connectivity index is 2.60. The van der Waals surface area contributed by atoms with Crippen LogP contribution in [0.15, 0.2) is 0 Å². The molecule has 0 amide bonds. The molecule has 0 aliphatic carbocycles. The van der Waals surface area contributed by atoms with Gasteiger partial charge in [-0.15, -0.1) is 0 Å². The second-order valence-corrected chi connectivity index (χ2v) is 1.04. The molecule has 0 spiro atoms. The van der Waals surface area contributed by atoms with E-state index in [1.807, 2.05) is 0 Å². The van der Waals surface area contributed by atoms with Gasteiger partial charge in [-0.25, -0.2) is 10.9 Å². The zero-order chi connectivity index (χ0) is 6.95. The smallest absolute Gasteiger partial charge is 0.313 e. The van der Waals surface area contributed by atoms with Crippen molar-refractivity contribution in [3.63, 3.8) is 0 Å². The Morgan fingerprint density at radius 1 is 1.00 bits per heavy atom. The minimum Gasteiger partial charge on any atom is -0.313 e. The maximum Gasteiger partial charge on any atom is 0.527 e. The van der Waals surface area contributed by atoms with Gasteiger partial charge >= 0.3 is 7.69 Å². The van der Waals surface area contributed by atoms with Crippen LogP contribution in [0.3, 0.4) is 0 Å². The van der Waals surface area contributed by atoms with E-state index in [2.05, 4.69) is 31.5 Å². The first-order valence-electron chi connectivity index (χ1n) is 2.38. The van der Waals surface area contributed by atoms with Gasteiger partial charge in [-0.2, -0.15) is 11.2 Å². The zero-order valence-electron chi connectivity index (χ0n) is 5.39. The topological polar surface area (TPSA) is 66.6 Å². The Morgan fingerprint density at radius 2 is 1.44 bits per heavy atom. The van der Waals surface area contributed by atoms with Crippen LogP contribution < -0.4 is 22.0 Å². The lowest BCUT2D eigenvalue weighted by Gasteiger charge is -2.02. The van der Waals surface area contributed by atoms with E-state index < -0.39 is 0 Å². The molecular weight excluding hydrogens is 123 g/mol. The number of hydrogen-bond donors (Lipinski definition) is 4. The average molecular weight is 133 g/mol. The Morgan fingerprint density at radius 3 is 1.78 bits per heavy atom. The summed E-state index contributed by atoms with van der Waals surface area (Å²) in [6.07, 6.45) is 0. The third-order valence-corrected chi connectivity index (χ3v) is 0.418. The van der Waals surface area contributed by atoms with Gasteiger partial charge < -0.3 is 9.51 Å². The Kier molecular flexibility index (Phi) is 7.67. The van der Waals surface area contributed by atoms with Gasteiger partial charge in [0.05, 0.1) is 0 Å². The second-order valence-electron chi connectivity index (χ2n) is 1.04. The molecule has 0 unspecified atom stereocenters. The van der Waals surface area contributed by atoms with Crippen molar-refractivity contribution in [2.45, 2.75) is 0 Å². The molecule has 0 fully saturated rings. The van der Waals surface area contributed by atoms with Crippen molar-refractivity contribution < 1.29 is 9.51 Å². The molecule has 0 aliphatic heterocycles. The molecule has 0 heterocycles. The summed E-state index contributed by atoms with van der Waals surface area (Å²) in [6.45, 7) is 0. The van der Waals surface area contributed by atoms with Gasteiger partial charge in [0.15, 0.2) is 0 Å². The highest BCUT2D eigenvalue weighted by Crippen LogP contribution is 1.56. The summed E-state index contributed by atoms with van der Waals surface area (Å²) in [5.74, 6) is 0. The molecule has 9 heavy (non-hydrogen) atoms. The van der Waals surface area contributed by atoms with Crippen LogP contribution in [0.4, 0.5) is 0 Å². The summed E-state index contributed by atoms with van der Waals surface area (Å²) < 4.78 is 8.95. The molecule has 6 nitrogen and oxygen atoms in total. The lowest BCUT2D eigenvalue weighted by Crippen LogP contribution is -2.35. The molecule has 0 saturated heterocycles. The van der Waals surface area contributed by atoms with Gasteiger partial charge in [-0.3, -0.25) is 0 Å². The summed E-state index contributed by atoms with van der Waals surface area (Å²) in [6, 6.07) is 0. The Hall–Kier alpha value is -0.175. The van der Waals surface area contributed by atoms with Crippen LogP contribution in [0.1, 0.15) is 0 Å². The number of nitrogens with one attached hydrogen (secondary N) is 4. The number of hydrazine groups is 2. The normalized spacial score (nSPS) is 9.56. The third kappa shape index (κ3) is 7.82. The molecule has 0 rings (SSSR count). The van der Waals surface area contributed by atoms with Crippen LogP contribution in [-0.2, 0) is 9.51 Å². The van der Waals surface area contributed by atoms with Crippen molar-refractivity contribution in [2.75, 3.05) is 14.1 Å². The second kappa shape index (κ2) is 7.82. The molecule has 0 aromatic rings. The number of hydrogen-bond acceptors (Lipinski definition) is 6. The summed E-state index contributed by atoms with van der Waals surface area (Å²) in [4.78, 5) is 0. The highest BCUT2D eigenvalue weighted by molar-refractivity contribution is 6.17. The summed E-state index contributed by atoms with van der Waals surface area (Å²) in [5, 5.41) is 0. The molecule has 53 valence electrons. The van der Waals surface area contributed by atoms with Crippen LogP contribution in [-0.4, -0.2) is 21.8 Å². The fourth-order valence-corrected chi connectivity index (χ4v) is 0.190. The van der Waals surface area contributed by atoms with Gasteiger partial charge in [-0.1, -0.05) is 0 Å². The Labute approximate surface area is 54.4 Å². The quantitative estimate of drug-likeness (QED) is 0.188. The minimum absolute atomic E-state index is 1.08. The molecule has 0 aliphatic rings. The Bertz CT molecular complexity index is 49.8. The third-order valence-electron chi connectivity index (χ3n) is 0.418. The van der Waals surface area contributed by atoms with Gasteiger partial charge in [0.25, 0.3) is 0 Å². The van der Waals surface area contributed by atoms with Crippen molar-refractivity contribution in [2.24, 2.45) is 0 Å². The molecule has 1 radical (unpaired) electrons. The standard InChI is InChI=1S/C2H10BN4O2/c1-4-6-8-3-9-7-5-2/h4-7H,1-2H3. The highest BCUT2D eigenvalue weighted by atomic mass is 16.8. The van der Waals surface area contributed by atoms with Crippen molar-refractivity contribution in [1.29, 1.82) is 0 Å². The van der Waals surface area contributed by atoms with Crippen molar-refractivity contribution in [1.82, 2.24) is 22.0 Å². The van der Waals surface area contributed by atoms with E-state index in [9.17, 15) is 0 Å². The average Bonchev–Trinajstić information content (AvgIpc) is 1.89. The minimum atomic E-state index is 1.08. The molecular formula is C2H10BN4O2. The SMILES string of the molecule is CNNO[B]ONNC. The highest BCUT2D eigenvalue weighted by Gasteiger charge is 1.88. The van der Waals surface area contributed by atoms with E-state index in [0.29, 0.717) is 0 Å². The largest absolute Gasteiger partial charge is 0.527 e. The van der Waals surface area contributed by atoms with E-state index in [1.54, 1.807) is 14.1 Å². The fourth-order valence-electron chi connectivity index (χ4n) is 0.190. The van der Waals surface area contributed by atoms with Crippen molar-refractivity contribution in [3.8, 4) is 0 Å².